The molecule has 1 saturated heterocycles. The van der Waals surface area contributed by atoms with Gasteiger partial charge in [-0.25, -0.2) is 13.1 Å². The minimum atomic E-state index is -4.66. The van der Waals surface area contributed by atoms with Gasteiger partial charge in [0.25, 0.3) is 0 Å². The van der Waals surface area contributed by atoms with Gasteiger partial charge in [0.15, 0.2) is 6.19 Å². The molecule has 1 aliphatic rings. The summed E-state index contributed by atoms with van der Waals surface area (Å²) in [5.41, 5.74) is -0.155. The Morgan fingerprint density at radius 1 is 1.27 bits per heavy atom. The van der Waals surface area contributed by atoms with Crippen LogP contribution in [0, 0.1) is 11.5 Å². The van der Waals surface area contributed by atoms with E-state index < -0.39 is 32.0 Å². The molecular weight excluding hydrogens is 387 g/mol. The average Bonchev–Trinajstić information content (AvgIpc) is 3.21. The highest BCUT2D eigenvalue weighted by Gasteiger charge is 2.39. The number of nitriles is 1. The zero-order valence-corrected chi connectivity index (χ0v) is 15.0. The molecule has 5 nitrogen and oxygen atoms in total. The molecule has 1 aliphatic heterocycles. The highest BCUT2D eigenvalue weighted by molar-refractivity contribution is 7.89. The summed E-state index contributed by atoms with van der Waals surface area (Å²) in [4.78, 5) is 0.0608. The number of benzene rings is 1. The van der Waals surface area contributed by atoms with Crippen molar-refractivity contribution >= 4 is 21.4 Å². The highest BCUT2D eigenvalue weighted by Crippen LogP contribution is 2.44. The molecule has 0 bridgehead atoms. The fourth-order valence-corrected chi connectivity index (χ4v) is 5.64. The second kappa shape index (κ2) is 6.90. The van der Waals surface area contributed by atoms with Gasteiger partial charge < -0.3 is 4.90 Å². The Labute approximate surface area is 152 Å². The molecule has 0 aliphatic carbocycles. The van der Waals surface area contributed by atoms with Gasteiger partial charge in [-0.15, -0.1) is 11.3 Å². The number of hydrogen-bond acceptors (Lipinski definition) is 5. The number of thiophene rings is 1. The Bertz CT molecular complexity index is 934. The van der Waals surface area contributed by atoms with Crippen LogP contribution in [-0.4, -0.2) is 32.4 Å². The first-order chi connectivity index (χ1) is 12.2. The first kappa shape index (κ1) is 18.7. The van der Waals surface area contributed by atoms with E-state index in [-0.39, 0.29) is 17.7 Å². The number of likely N-dealkylation sites (tertiary alicyclic amines) is 1. The second-order valence-corrected chi connectivity index (χ2v) is 8.38. The van der Waals surface area contributed by atoms with Gasteiger partial charge >= 0.3 is 6.18 Å². The summed E-state index contributed by atoms with van der Waals surface area (Å²) in [6, 6.07) is 7.13. The lowest BCUT2D eigenvalue weighted by Crippen LogP contribution is -2.36. The Balaban J connectivity index is 2.02. The second-order valence-electron chi connectivity index (χ2n) is 5.82. The Hall–Kier alpha value is -2.09. The Morgan fingerprint density at radius 2 is 1.96 bits per heavy atom. The number of halogens is 3. The topological polar surface area (TPSA) is 73.2 Å². The third-order valence-corrected chi connectivity index (χ3v) is 6.74. The van der Waals surface area contributed by atoms with E-state index in [0.717, 1.165) is 5.38 Å². The van der Waals surface area contributed by atoms with Gasteiger partial charge in [0, 0.05) is 30.1 Å². The molecule has 2 heterocycles. The molecule has 1 N–H and O–H groups in total. The molecular formula is C16H14F3N3O2S2. The molecule has 138 valence electrons. The lowest BCUT2D eigenvalue weighted by atomic mass is 10.1. The van der Waals surface area contributed by atoms with Crippen molar-refractivity contribution in [1.82, 2.24) is 9.62 Å². The smallest absolute Gasteiger partial charge is 0.309 e. The monoisotopic (exact) mass is 401 g/mol. The van der Waals surface area contributed by atoms with Crippen LogP contribution in [0.15, 0.2) is 40.6 Å². The number of hydrogen-bond donors (Lipinski definition) is 1. The summed E-state index contributed by atoms with van der Waals surface area (Å²) in [5.74, 6) is 0. The summed E-state index contributed by atoms with van der Waals surface area (Å²) in [6.07, 6.45) is -2.31. The van der Waals surface area contributed by atoms with Crippen molar-refractivity contribution in [3.05, 3.63) is 40.6 Å². The van der Waals surface area contributed by atoms with Crippen LogP contribution in [-0.2, 0) is 16.2 Å². The van der Waals surface area contributed by atoms with Crippen LogP contribution < -0.4 is 4.72 Å². The summed E-state index contributed by atoms with van der Waals surface area (Å²) in [5, 5.41) is 9.88. The summed E-state index contributed by atoms with van der Waals surface area (Å²) in [7, 11) is -4.17. The minimum absolute atomic E-state index is 0.187. The number of alkyl halides is 3. The van der Waals surface area contributed by atoms with E-state index in [1.54, 1.807) is 18.2 Å². The largest absolute Gasteiger partial charge is 0.426 e. The molecule has 0 unspecified atom stereocenters. The lowest BCUT2D eigenvalue weighted by molar-refractivity contribution is -0.133. The zero-order chi connectivity index (χ0) is 18.9. The predicted octanol–water partition coefficient (Wildman–Crippen LogP) is 3.27. The van der Waals surface area contributed by atoms with Gasteiger partial charge in [0.1, 0.15) is 9.77 Å². The summed E-state index contributed by atoms with van der Waals surface area (Å²) < 4.78 is 68.1. The maximum atomic E-state index is 13.4. The Morgan fingerprint density at radius 3 is 2.54 bits per heavy atom. The van der Waals surface area contributed by atoms with Crippen LogP contribution >= 0.6 is 11.3 Å². The number of rotatable bonds is 4. The standard InChI is InChI=1S/C16H14F3N3O2S2/c17-16(18,19)15-14(11-4-2-1-3-5-11)13(9-25-15)26(23,24)21-12-6-7-22(8-12)10-20/h1-5,9,12,21H,6-8H2/t12-/m1/s1. The number of sulfonamides is 1. The number of nitrogens with one attached hydrogen (secondary N) is 1. The molecule has 2 aromatic rings. The van der Waals surface area contributed by atoms with Crippen LogP contribution in [0.5, 0.6) is 0 Å². The van der Waals surface area contributed by atoms with Gasteiger partial charge in [-0.1, -0.05) is 30.3 Å². The Kier molecular flexibility index (Phi) is 4.96. The van der Waals surface area contributed by atoms with Crippen LogP contribution in [0.2, 0.25) is 0 Å². The predicted molar refractivity (Wildman–Crippen MR) is 90.7 cm³/mol. The fraction of sp³-hybridized carbons (Fsp3) is 0.312. The van der Waals surface area contributed by atoms with Crippen molar-refractivity contribution < 1.29 is 21.6 Å². The summed E-state index contributed by atoms with van der Waals surface area (Å²) >= 11 is 0.361. The molecule has 1 aromatic carbocycles. The summed E-state index contributed by atoms with van der Waals surface area (Å²) in [6.45, 7) is 0.610. The molecule has 26 heavy (non-hydrogen) atoms. The molecule has 0 amide bonds. The van der Waals surface area contributed by atoms with E-state index in [0.29, 0.717) is 24.3 Å². The zero-order valence-electron chi connectivity index (χ0n) is 13.3. The third kappa shape index (κ3) is 3.70. The first-order valence-corrected chi connectivity index (χ1v) is 10.00. The van der Waals surface area contributed by atoms with Crippen molar-refractivity contribution in [2.45, 2.75) is 23.5 Å². The molecule has 0 saturated carbocycles. The highest BCUT2D eigenvalue weighted by atomic mass is 32.2. The van der Waals surface area contributed by atoms with E-state index in [9.17, 15) is 21.6 Å². The third-order valence-electron chi connectivity index (χ3n) is 4.02. The van der Waals surface area contributed by atoms with Crippen LogP contribution in [0.25, 0.3) is 11.1 Å². The van der Waals surface area contributed by atoms with Gasteiger partial charge in [0.05, 0.1) is 0 Å². The van der Waals surface area contributed by atoms with Gasteiger partial charge in [-0.2, -0.15) is 18.4 Å². The van der Waals surface area contributed by atoms with Crippen molar-refractivity contribution in [2.75, 3.05) is 13.1 Å². The van der Waals surface area contributed by atoms with Gasteiger partial charge in [-0.3, -0.25) is 0 Å². The van der Waals surface area contributed by atoms with Gasteiger partial charge in [0.2, 0.25) is 10.0 Å². The SMILES string of the molecule is N#CN1CC[C@@H](NS(=O)(=O)c2csc(C(F)(F)F)c2-c2ccccc2)C1. The molecule has 10 heteroatoms. The molecule has 0 spiro atoms. The van der Waals surface area contributed by atoms with Crippen molar-refractivity contribution in [1.29, 1.82) is 5.26 Å². The number of nitrogens with zero attached hydrogens (tertiary/aromatic N) is 2. The van der Waals surface area contributed by atoms with Crippen LogP contribution in [0.3, 0.4) is 0 Å². The fourth-order valence-electron chi connectivity index (χ4n) is 2.86. The van der Waals surface area contributed by atoms with E-state index in [4.69, 9.17) is 5.26 Å². The van der Waals surface area contributed by atoms with E-state index >= 15 is 0 Å². The molecule has 1 atom stereocenters. The molecule has 1 fully saturated rings. The normalized spacial score (nSPS) is 18.1. The average molecular weight is 401 g/mol. The van der Waals surface area contributed by atoms with Crippen molar-refractivity contribution in [2.24, 2.45) is 0 Å². The maximum absolute atomic E-state index is 13.4. The van der Waals surface area contributed by atoms with Gasteiger partial charge in [-0.05, 0) is 12.0 Å². The van der Waals surface area contributed by atoms with Crippen LogP contribution in [0.1, 0.15) is 11.3 Å². The lowest BCUT2D eigenvalue weighted by Gasteiger charge is -2.15. The molecule has 3 rings (SSSR count). The maximum Gasteiger partial charge on any atom is 0.426 e. The van der Waals surface area contributed by atoms with E-state index in [1.807, 2.05) is 6.19 Å². The first-order valence-electron chi connectivity index (χ1n) is 7.63. The van der Waals surface area contributed by atoms with Crippen molar-refractivity contribution in [3.63, 3.8) is 0 Å². The minimum Gasteiger partial charge on any atom is -0.309 e. The molecule has 0 radical (unpaired) electrons. The van der Waals surface area contributed by atoms with E-state index in [1.165, 1.54) is 17.0 Å². The van der Waals surface area contributed by atoms with E-state index in [2.05, 4.69) is 4.72 Å². The molecule has 1 aromatic heterocycles. The quantitative estimate of drug-likeness (QED) is 0.798. The van der Waals surface area contributed by atoms with Crippen molar-refractivity contribution in [3.8, 4) is 17.3 Å². The van der Waals surface area contributed by atoms with Crippen LogP contribution in [0.4, 0.5) is 13.2 Å².